The van der Waals surface area contributed by atoms with E-state index < -0.39 is 0 Å². The van der Waals surface area contributed by atoms with Gasteiger partial charge in [0.25, 0.3) is 0 Å². The highest BCUT2D eigenvalue weighted by atomic mass is 16.2. The number of amides is 1. The monoisotopic (exact) mass is 214 g/mol. The molecule has 1 atom stereocenters. The number of rotatable bonds is 4. The molecule has 2 N–H and O–H groups in total. The van der Waals surface area contributed by atoms with Gasteiger partial charge in [0.15, 0.2) is 0 Å². The predicted molar refractivity (Wildman–Crippen MR) is 64.6 cm³/mol. The molecule has 0 aliphatic carbocycles. The summed E-state index contributed by atoms with van der Waals surface area (Å²) in [6.45, 7) is 13.0. The minimum atomic E-state index is -0.0715. The van der Waals surface area contributed by atoms with E-state index in [-0.39, 0.29) is 23.4 Å². The molecule has 0 aromatic carbocycles. The normalized spacial score (nSPS) is 14.1. The predicted octanol–water partition coefficient (Wildman–Crippen LogP) is 2.01. The van der Waals surface area contributed by atoms with Crippen LogP contribution in [0.1, 0.15) is 48.0 Å². The van der Waals surface area contributed by atoms with Crippen molar-refractivity contribution in [2.45, 2.75) is 60.0 Å². The van der Waals surface area contributed by atoms with Gasteiger partial charge in [-0.2, -0.15) is 0 Å². The first-order chi connectivity index (χ1) is 6.70. The molecule has 0 saturated carbocycles. The third-order valence-corrected chi connectivity index (χ3v) is 2.79. The summed E-state index contributed by atoms with van der Waals surface area (Å²) in [6, 6.07) is 0.187. The van der Waals surface area contributed by atoms with Crippen LogP contribution in [0.15, 0.2) is 0 Å². The van der Waals surface area contributed by atoms with E-state index >= 15 is 0 Å². The Labute approximate surface area is 94.0 Å². The number of hydrogen-bond acceptors (Lipinski definition) is 2. The number of carbonyl (C=O) groups excluding carboxylic acids is 1. The molecular formula is C12H26N2O. The zero-order valence-corrected chi connectivity index (χ0v) is 11.0. The quantitative estimate of drug-likeness (QED) is 0.778. The zero-order chi connectivity index (χ0) is 12.2. The molecule has 0 aliphatic rings. The lowest BCUT2D eigenvalue weighted by Crippen LogP contribution is -2.43. The van der Waals surface area contributed by atoms with Crippen LogP contribution in [0.25, 0.3) is 0 Å². The smallest absolute Gasteiger partial charge is 0.224 e. The third kappa shape index (κ3) is 4.65. The van der Waals surface area contributed by atoms with E-state index in [2.05, 4.69) is 20.8 Å². The highest BCUT2D eigenvalue weighted by Gasteiger charge is 2.25. The molecule has 3 heteroatoms. The maximum absolute atomic E-state index is 11.9. The van der Waals surface area contributed by atoms with E-state index in [1.165, 1.54) is 0 Å². The van der Waals surface area contributed by atoms with Crippen LogP contribution >= 0.6 is 0 Å². The van der Waals surface area contributed by atoms with Crippen molar-refractivity contribution in [3.05, 3.63) is 0 Å². The molecule has 0 saturated heterocycles. The Morgan fingerprint density at radius 3 is 2.07 bits per heavy atom. The van der Waals surface area contributed by atoms with Gasteiger partial charge in [-0.15, -0.1) is 0 Å². The van der Waals surface area contributed by atoms with E-state index in [4.69, 9.17) is 5.73 Å². The van der Waals surface area contributed by atoms with Crippen molar-refractivity contribution in [3.8, 4) is 0 Å². The lowest BCUT2D eigenvalue weighted by atomic mass is 9.85. The van der Waals surface area contributed by atoms with Crippen molar-refractivity contribution < 1.29 is 4.79 Å². The van der Waals surface area contributed by atoms with Crippen LogP contribution in [-0.4, -0.2) is 29.4 Å². The number of nitrogens with zero attached hydrogens (tertiary/aromatic N) is 1. The summed E-state index contributed by atoms with van der Waals surface area (Å²) < 4.78 is 0. The second-order valence-corrected chi connectivity index (χ2v) is 5.45. The molecule has 1 unspecified atom stereocenters. The van der Waals surface area contributed by atoms with Gasteiger partial charge in [0.2, 0.25) is 5.91 Å². The average Bonchev–Trinajstić information content (AvgIpc) is 2.02. The van der Waals surface area contributed by atoms with Crippen LogP contribution in [0.3, 0.4) is 0 Å². The lowest BCUT2D eigenvalue weighted by molar-refractivity contribution is -0.133. The van der Waals surface area contributed by atoms with E-state index in [9.17, 15) is 4.79 Å². The van der Waals surface area contributed by atoms with Crippen molar-refractivity contribution in [2.75, 3.05) is 6.54 Å². The standard InChI is InChI=1S/C12H26N2O/c1-7-14(9(2)3)11(15)8-10(13)12(4,5)6/h9-10H,7-8,13H2,1-6H3. The van der Waals surface area contributed by atoms with E-state index in [1.807, 2.05) is 25.7 Å². The van der Waals surface area contributed by atoms with Crippen molar-refractivity contribution in [1.29, 1.82) is 0 Å². The maximum atomic E-state index is 11.9. The van der Waals surface area contributed by atoms with Crippen LogP contribution < -0.4 is 5.73 Å². The van der Waals surface area contributed by atoms with Gasteiger partial charge in [0, 0.05) is 25.0 Å². The first-order valence-corrected chi connectivity index (χ1v) is 5.75. The van der Waals surface area contributed by atoms with Crippen molar-refractivity contribution in [2.24, 2.45) is 11.1 Å². The second-order valence-electron chi connectivity index (χ2n) is 5.45. The second kappa shape index (κ2) is 5.50. The average molecular weight is 214 g/mol. The molecule has 0 rings (SSSR count). The van der Waals surface area contributed by atoms with Crippen LogP contribution in [0.5, 0.6) is 0 Å². The third-order valence-electron chi connectivity index (χ3n) is 2.79. The zero-order valence-electron chi connectivity index (χ0n) is 11.0. The minimum Gasteiger partial charge on any atom is -0.341 e. The maximum Gasteiger partial charge on any atom is 0.224 e. The Kier molecular flexibility index (Phi) is 5.29. The van der Waals surface area contributed by atoms with Crippen LogP contribution in [0, 0.1) is 5.41 Å². The molecule has 0 heterocycles. The van der Waals surface area contributed by atoms with Gasteiger partial charge in [-0.05, 0) is 26.2 Å². The van der Waals surface area contributed by atoms with Gasteiger partial charge in [-0.1, -0.05) is 20.8 Å². The van der Waals surface area contributed by atoms with E-state index in [1.54, 1.807) is 0 Å². The minimum absolute atomic E-state index is 0.00789. The van der Waals surface area contributed by atoms with Crippen molar-refractivity contribution in [3.63, 3.8) is 0 Å². The Bertz CT molecular complexity index is 206. The van der Waals surface area contributed by atoms with E-state index in [0.29, 0.717) is 6.42 Å². The molecule has 0 radical (unpaired) electrons. The van der Waals surface area contributed by atoms with Gasteiger partial charge >= 0.3 is 0 Å². The van der Waals surface area contributed by atoms with Crippen molar-refractivity contribution >= 4 is 5.91 Å². The summed E-state index contributed by atoms with van der Waals surface area (Å²) in [4.78, 5) is 13.8. The fraction of sp³-hybridized carbons (Fsp3) is 0.917. The van der Waals surface area contributed by atoms with Crippen LogP contribution in [0.2, 0.25) is 0 Å². The SMILES string of the molecule is CCN(C(=O)CC(N)C(C)(C)C)C(C)C. The summed E-state index contributed by atoms with van der Waals surface area (Å²) in [7, 11) is 0. The molecule has 0 bridgehead atoms. The molecule has 1 amide bonds. The first-order valence-electron chi connectivity index (χ1n) is 5.75. The highest BCUT2D eigenvalue weighted by molar-refractivity contribution is 5.77. The molecule has 0 fully saturated rings. The topological polar surface area (TPSA) is 46.3 Å². The molecule has 3 nitrogen and oxygen atoms in total. The Balaban J connectivity index is 4.35. The number of nitrogens with two attached hydrogens (primary N) is 1. The Hall–Kier alpha value is -0.570. The molecular weight excluding hydrogens is 188 g/mol. The fourth-order valence-corrected chi connectivity index (χ4v) is 1.44. The summed E-state index contributed by atoms with van der Waals surface area (Å²) >= 11 is 0. The van der Waals surface area contributed by atoms with Crippen LogP contribution in [-0.2, 0) is 4.79 Å². The Morgan fingerprint density at radius 1 is 1.33 bits per heavy atom. The first kappa shape index (κ1) is 14.4. The van der Waals surface area contributed by atoms with Gasteiger partial charge in [-0.3, -0.25) is 4.79 Å². The molecule has 0 spiro atoms. The van der Waals surface area contributed by atoms with Gasteiger partial charge < -0.3 is 10.6 Å². The number of carbonyl (C=O) groups is 1. The Morgan fingerprint density at radius 2 is 1.80 bits per heavy atom. The summed E-state index contributed by atoms with van der Waals surface area (Å²) in [6.07, 6.45) is 0.440. The lowest BCUT2D eigenvalue weighted by Gasteiger charge is -2.31. The number of hydrogen-bond donors (Lipinski definition) is 1. The molecule has 0 aromatic heterocycles. The molecule has 0 aromatic rings. The van der Waals surface area contributed by atoms with Gasteiger partial charge in [0.05, 0.1) is 0 Å². The summed E-state index contributed by atoms with van der Waals surface area (Å²) in [5.74, 6) is 0.162. The van der Waals surface area contributed by atoms with Crippen molar-refractivity contribution in [1.82, 2.24) is 4.90 Å². The largest absolute Gasteiger partial charge is 0.341 e. The fourth-order valence-electron chi connectivity index (χ4n) is 1.44. The van der Waals surface area contributed by atoms with Gasteiger partial charge in [0.1, 0.15) is 0 Å². The highest BCUT2D eigenvalue weighted by Crippen LogP contribution is 2.20. The molecule has 90 valence electrons. The summed E-state index contributed by atoms with van der Waals surface area (Å²) in [5, 5.41) is 0. The molecule has 15 heavy (non-hydrogen) atoms. The summed E-state index contributed by atoms with van der Waals surface area (Å²) in [5.41, 5.74) is 5.99. The van der Waals surface area contributed by atoms with Crippen LogP contribution in [0.4, 0.5) is 0 Å². The molecule has 0 aliphatic heterocycles. The van der Waals surface area contributed by atoms with Gasteiger partial charge in [-0.25, -0.2) is 0 Å². The van der Waals surface area contributed by atoms with E-state index in [0.717, 1.165) is 6.54 Å².